The van der Waals surface area contributed by atoms with E-state index in [1.165, 1.54) is 154 Å². The molecule has 0 radical (unpaired) electrons. The van der Waals surface area contributed by atoms with Gasteiger partial charge in [-0.2, -0.15) is 0 Å². The van der Waals surface area contributed by atoms with E-state index in [1.807, 2.05) is 0 Å². The van der Waals surface area contributed by atoms with Gasteiger partial charge in [0, 0.05) is 0 Å². The molecule has 0 aromatic heterocycles. The van der Waals surface area contributed by atoms with Gasteiger partial charge in [-0.05, 0) is 178 Å². The molecule has 0 N–H and O–H groups in total. The fourth-order valence-electron chi connectivity index (χ4n) is 12.7. The highest BCUT2D eigenvalue weighted by Gasteiger charge is 2.22. The number of hydrogen-bond acceptors (Lipinski definition) is 0. The molecule has 0 aliphatic carbocycles. The second-order valence-corrected chi connectivity index (χ2v) is 20.6. The van der Waals surface area contributed by atoms with Crippen molar-refractivity contribution in [2.75, 3.05) is 0 Å². The lowest BCUT2D eigenvalue weighted by molar-refractivity contribution is 1.58. The molecule has 0 aliphatic heterocycles. The van der Waals surface area contributed by atoms with E-state index in [4.69, 9.17) is 0 Å². The summed E-state index contributed by atoms with van der Waals surface area (Å²) in [5.74, 6) is 0. The summed E-state index contributed by atoms with van der Waals surface area (Å²) in [6, 6.07) is 112. The predicted molar refractivity (Wildman–Crippen MR) is 335 cm³/mol. The maximum Gasteiger partial charge on any atom is -0.00261 e. The Labute approximate surface area is 454 Å². The van der Waals surface area contributed by atoms with Gasteiger partial charge in [0.2, 0.25) is 0 Å². The SMILES string of the molecule is c1ccc(-c2ccc(-c3c4ccccc4c(-c4ccc5ccc6ccc(-c7c8ccccc8c(-c8ccc(-c9ccccc9)c(-c9ccccc9)c8)c8ccccc78)cc6c5c4)c4ccccc34)cc2-c2ccccc2)cc1. The fourth-order valence-corrected chi connectivity index (χ4v) is 12.7. The van der Waals surface area contributed by atoms with Crippen LogP contribution >= 0.6 is 0 Å². The van der Waals surface area contributed by atoms with Gasteiger partial charge in [0.05, 0.1) is 0 Å². The van der Waals surface area contributed by atoms with Crippen molar-refractivity contribution in [3.05, 3.63) is 303 Å². The van der Waals surface area contributed by atoms with E-state index in [-0.39, 0.29) is 0 Å². The van der Waals surface area contributed by atoms with E-state index in [9.17, 15) is 0 Å². The second kappa shape index (κ2) is 18.9. The first-order valence-corrected chi connectivity index (χ1v) is 27.1. The summed E-state index contributed by atoms with van der Waals surface area (Å²) in [6.07, 6.45) is 0. The summed E-state index contributed by atoms with van der Waals surface area (Å²) < 4.78 is 0. The van der Waals surface area contributed by atoms with Crippen LogP contribution in [0.5, 0.6) is 0 Å². The van der Waals surface area contributed by atoms with E-state index in [0.29, 0.717) is 0 Å². The minimum Gasteiger partial charge on any atom is -0.0622 e. The normalized spacial score (nSPS) is 11.6. The van der Waals surface area contributed by atoms with Gasteiger partial charge in [0.15, 0.2) is 0 Å². The van der Waals surface area contributed by atoms with Crippen molar-refractivity contribution in [1.82, 2.24) is 0 Å². The Hall–Kier alpha value is -10.1. The molecule has 0 atom stereocenters. The van der Waals surface area contributed by atoms with Gasteiger partial charge < -0.3 is 0 Å². The third-order valence-electron chi connectivity index (χ3n) is 16.2. The summed E-state index contributed by atoms with van der Waals surface area (Å²) in [7, 11) is 0. The van der Waals surface area contributed by atoms with Crippen LogP contribution in [0.3, 0.4) is 0 Å². The zero-order chi connectivity index (χ0) is 51.5. The standard InChI is InChI=1S/C78H50/c1-5-21-51(22-6-1)61-45-43-59(47-71(61)53-25-9-3-10-26-53)77-67-33-17-13-29-63(67)75(64-30-14-18-34-68(64)77)57-41-39-55-37-38-56-40-42-58(50-74(56)73(55)49-57)76-65-31-15-19-35-69(65)78(70-36-20-16-32-66(70)76)60-44-46-62(52-23-7-2-8-24-52)72(48-60)54-27-11-4-12-28-54/h1-50H. The molecule has 0 amide bonds. The lowest BCUT2D eigenvalue weighted by Crippen LogP contribution is -1.93. The van der Waals surface area contributed by atoms with Gasteiger partial charge in [-0.3, -0.25) is 0 Å². The molecule has 0 fully saturated rings. The molecule has 0 heteroatoms. The summed E-state index contributed by atoms with van der Waals surface area (Å²) in [5.41, 5.74) is 19.6. The number of rotatable bonds is 8. The van der Waals surface area contributed by atoms with Gasteiger partial charge in [-0.25, -0.2) is 0 Å². The molecule has 78 heavy (non-hydrogen) atoms. The average Bonchev–Trinajstić information content (AvgIpc) is 3.69. The summed E-state index contributed by atoms with van der Waals surface area (Å²) in [6.45, 7) is 0. The van der Waals surface area contributed by atoms with Crippen LogP contribution in [-0.2, 0) is 0 Å². The molecular formula is C78H50. The van der Waals surface area contributed by atoms with Gasteiger partial charge in [0.1, 0.15) is 0 Å². The molecule has 0 aliphatic rings. The van der Waals surface area contributed by atoms with Crippen LogP contribution in [0.1, 0.15) is 0 Å². The Morgan fingerprint density at radius 3 is 0.628 bits per heavy atom. The Kier molecular flexibility index (Phi) is 11.0. The van der Waals surface area contributed by atoms with E-state index < -0.39 is 0 Å². The molecule has 362 valence electrons. The zero-order valence-corrected chi connectivity index (χ0v) is 42.9. The molecule has 0 unspecified atom stereocenters. The smallest absolute Gasteiger partial charge is 0.00261 e. The van der Waals surface area contributed by atoms with Crippen molar-refractivity contribution in [3.8, 4) is 89.0 Å². The molecule has 0 saturated heterocycles. The Bertz CT molecular complexity index is 4380. The first kappa shape index (κ1) is 45.3. The van der Waals surface area contributed by atoms with Crippen molar-refractivity contribution in [2.45, 2.75) is 0 Å². The number of fused-ring (bicyclic) bond motifs is 7. The first-order valence-electron chi connectivity index (χ1n) is 27.1. The number of hydrogen-bond donors (Lipinski definition) is 0. The minimum atomic E-state index is 1.20. The van der Waals surface area contributed by atoms with Crippen LogP contribution in [0.4, 0.5) is 0 Å². The molecule has 0 saturated carbocycles. The topological polar surface area (TPSA) is 0 Å². The third kappa shape index (κ3) is 7.61. The highest BCUT2D eigenvalue weighted by atomic mass is 14.2. The molecular weight excluding hydrogens is 937 g/mol. The quantitative estimate of drug-likeness (QED) is 0.105. The Morgan fingerprint density at radius 2 is 0.346 bits per heavy atom. The zero-order valence-electron chi connectivity index (χ0n) is 42.9. The highest BCUT2D eigenvalue weighted by Crippen LogP contribution is 2.49. The molecule has 0 heterocycles. The van der Waals surface area contributed by atoms with Crippen LogP contribution in [0, 0.1) is 0 Å². The lowest BCUT2D eigenvalue weighted by Gasteiger charge is -2.20. The highest BCUT2D eigenvalue weighted by molar-refractivity contribution is 6.24. The monoisotopic (exact) mass is 986 g/mol. The molecule has 15 aromatic rings. The molecule has 0 spiro atoms. The lowest BCUT2D eigenvalue weighted by atomic mass is 9.83. The van der Waals surface area contributed by atoms with Gasteiger partial charge in [-0.1, -0.05) is 279 Å². The van der Waals surface area contributed by atoms with Crippen molar-refractivity contribution >= 4 is 64.6 Å². The van der Waals surface area contributed by atoms with Crippen molar-refractivity contribution in [1.29, 1.82) is 0 Å². The summed E-state index contributed by atoms with van der Waals surface area (Å²) >= 11 is 0. The van der Waals surface area contributed by atoms with E-state index >= 15 is 0 Å². The third-order valence-corrected chi connectivity index (χ3v) is 16.2. The van der Waals surface area contributed by atoms with E-state index in [0.717, 1.165) is 0 Å². The fraction of sp³-hybridized carbons (Fsp3) is 0. The first-order chi connectivity index (χ1) is 38.7. The van der Waals surface area contributed by atoms with Crippen LogP contribution in [0.15, 0.2) is 303 Å². The Morgan fingerprint density at radius 1 is 0.128 bits per heavy atom. The molecule has 15 rings (SSSR count). The predicted octanol–water partition coefficient (Wildman–Crippen LogP) is 21.9. The summed E-state index contributed by atoms with van der Waals surface area (Å²) in [5, 5.41) is 14.8. The van der Waals surface area contributed by atoms with Crippen LogP contribution in [0.2, 0.25) is 0 Å². The van der Waals surface area contributed by atoms with Crippen molar-refractivity contribution < 1.29 is 0 Å². The van der Waals surface area contributed by atoms with Crippen molar-refractivity contribution in [2.24, 2.45) is 0 Å². The summed E-state index contributed by atoms with van der Waals surface area (Å²) in [4.78, 5) is 0. The van der Waals surface area contributed by atoms with Crippen LogP contribution in [-0.4, -0.2) is 0 Å². The van der Waals surface area contributed by atoms with E-state index in [1.54, 1.807) is 0 Å². The molecule has 15 aromatic carbocycles. The maximum atomic E-state index is 2.46. The number of benzene rings is 15. The van der Waals surface area contributed by atoms with Gasteiger partial charge in [0.25, 0.3) is 0 Å². The van der Waals surface area contributed by atoms with Crippen molar-refractivity contribution in [3.63, 3.8) is 0 Å². The molecule has 0 nitrogen and oxygen atoms in total. The van der Waals surface area contributed by atoms with Crippen LogP contribution < -0.4 is 0 Å². The molecule has 0 bridgehead atoms. The van der Waals surface area contributed by atoms with Crippen LogP contribution in [0.25, 0.3) is 154 Å². The maximum absolute atomic E-state index is 2.46. The minimum absolute atomic E-state index is 1.20. The van der Waals surface area contributed by atoms with E-state index in [2.05, 4.69) is 303 Å². The van der Waals surface area contributed by atoms with Gasteiger partial charge in [-0.15, -0.1) is 0 Å². The largest absolute Gasteiger partial charge is 0.0622 e. The Balaban J connectivity index is 0.910. The second-order valence-electron chi connectivity index (χ2n) is 20.6. The average molecular weight is 987 g/mol. The van der Waals surface area contributed by atoms with Gasteiger partial charge >= 0.3 is 0 Å².